The summed E-state index contributed by atoms with van der Waals surface area (Å²) >= 11 is 0. The summed E-state index contributed by atoms with van der Waals surface area (Å²) in [6, 6.07) is 15.7. The Labute approximate surface area is 160 Å². The fourth-order valence-corrected chi connectivity index (χ4v) is 3.05. The zero-order valence-electron chi connectivity index (χ0n) is 15.1. The molecular weight excluding hydrogens is 359 g/mol. The van der Waals surface area contributed by atoms with Crippen molar-refractivity contribution in [2.75, 3.05) is 6.61 Å². The number of rotatable bonds is 5. The molecule has 2 aromatic heterocycles. The monoisotopic (exact) mass is 376 g/mol. The minimum atomic E-state index is -0.333. The van der Waals surface area contributed by atoms with E-state index in [1.807, 2.05) is 30.3 Å². The molecule has 0 saturated heterocycles. The number of benzene rings is 2. The van der Waals surface area contributed by atoms with Gasteiger partial charge in [0.2, 0.25) is 0 Å². The topological polar surface area (TPSA) is 77.0 Å². The van der Waals surface area contributed by atoms with E-state index in [4.69, 9.17) is 4.42 Å². The number of fused-ring (bicyclic) bond motifs is 1. The van der Waals surface area contributed by atoms with Crippen molar-refractivity contribution in [3.63, 3.8) is 0 Å². The van der Waals surface area contributed by atoms with Gasteiger partial charge in [-0.05, 0) is 40.3 Å². The lowest BCUT2D eigenvalue weighted by molar-refractivity contribution is 0.343. The Bertz CT molecular complexity index is 1140. The van der Waals surface area contributed by atoms with Gasteiger partial charge in [0.15, 0.2) is 5.82 Å². The van der Waals surface area contributed by atoms with E-state index in [-0.39, 0.29) is 12.4 Å². The molecule has 0 unspecified atom stereocenters. The molecule has 0 amide bonds. The van der Waals surface area contributed by atoms with Crippen molar-refractivity contribution < 1.29 is 13.9 Å². The summed E-state index contributed by atoms with van der Waals surface area (Å²) < 4.78 is 21.2. The summed E-state index contributed by atoms with van der Waals surface area (Å²) in [6.45, 7) is -0.147. The van der Waals surface area contributed by atoms with Gasteiger partial charge in [0.1, 0.15) is 17.2 Å². The van der Waals surface area contributed by atoms with Crippen LogP contribution in [0.4, 0.5) is 4.39 Å². The molecule has 0 aliphatic heterocycles. The summed E-state index contributed by atoms with van der Waals surface area (Å²) in [5, 5.41) is 22.0. The molecule has 4 rings (SSSR count). The van der Waals surface area contributed by atoms with Crippen LogP contribution in [0.2, 0.25) is 0 Å². The molecule has 0 radical (unpaired) electrons. The van der Waals surface area contributed by atoms with Crippen molar-refractivity contribution >= 4 is 22.1 Å². The van der Waals surface area contributed by atoms with Crippen molar-refractivity contribution in [1.29, 1.82) is 0 Å². The molecule has 0 spiro atoms. The van der Waals surface area contributed by atoms with E-state index in [9.17, 15) is 9.50 Å². The van der Waals surface area contributed by atoms with E-state index in [0.29, 0.717) is 22.7 Å². The van der Waals surface area contributed by atoms with Crippen LogP contribution in [0.25, 0.3) is 22.1 Å². The van der Waals surface area contributed by atoms with Crippen molar-refractivity contribution in [1.82, 2.24) is 20.2 Å². The molecule has 4 aromatic rings. The van der Waals surface area contributed by atoms with Crippen LogP contribution >= 0.6 is 0 Å². The van der Waals surface area contributed by atoms with Gasteiger partial charge >= 0.3 is 0 Å². The number of hydrogen-bond acceptors (Lipinski definition) is 5. The van der Waals surface area contributed by atoms with Gasteiger partial charge in [0.25, 0.3) is 0 Å². The van der Waals surface area contributed by atoms with Gasteiger partial charge in [-0.15, -0.1) is 5.10 Å². The van der Waals surface area contributed by atoms with Crippen LogP contribution in [-0.4, -0.2) is 31.9 Å². The second-order valence-electron chi connectivity index (χ2n) is 6.16. The van der Waals surface area contributed by atoms with Crippen LogP contribution in [0.5, 0.6) is 0 Å². The zero-order valence-corrected chi connectivity index (χ0v) is 15.1. The summed E-state index contributed by atoms with van der Waals surface area (Å²) in [6.07, 6.45) is 3.33. The SMILES string of the molecule is Cn1nnnc1C(/C=C/CO)=C(/c1ccc(F)cc1)c1cc2ccccc2o1. The Hall–Kier alpha value is -3.58. The van der Waals surface area contributed by atoms with Gasteiger partial charge in [-0.3, -0.25) is 0 Å². The van der Waals surface area contributed by atoms with Gasteiger partial charge < -0.3 is 9.52 Å². The highest BCUT2D eigenvalue weighted by Crippen LogP contribution is 2.35. The molecule has 0 aliphatic rings. The maximum Gasteiger partial charge on any atom is 0.182 e. The third kappa shape index (κ3) is 3.35. The van der Waals surface area contributed by atoms with Crippen molar-refractivity contribution in [3.8, 4) is 0 Å². The number of nitrogens with zero attached hydrogens (tertiary/aromatic N) is 4. The van der Waals surface area contributed by atoms with Crippen LogP contribution in [0.15, 0.2) is 71.2 Å². The minimum absolute atomic E-state index is 0.147. The number of halogens is 1. The second kappa shape index (κ2) is 7.58. The van der Waals surface area contributed by atoms with Gasteiger partial charge in [-0.25, -0.2) is 9.07 Å². The average molecular weight is 376 g/mol. The molecular formula is C21H17FN4O2. The number of furan rings is 1. The molecule has 0 atom stereocenters. The highest BCUT2D eigenvalue weighted by molar-refractivity contribution is 6.01. The van der Waals surface area contributed by atoms with Crippen molar-refractivity contribution in [2.24, 2.45) is 7.05 Å². The van der Waals surface area contributed by atoms with Gasteiger partial charge in [-0.2, -0.15) is 0 Å². The first-order valence-corrected chi connectivity index (χ1v) is 8.66. The van der Waals surface area contributed by atoms with E-state index < -0.39 is 0 Å². The molecule has 1 N–H and O–H groups in total. The molecule has 7 heteroatoms. The van der Waals surface area contributed by atoms with Crippen LogP contribution < -0.4 is 0 Å². The number of allylic oxidation sites excluding steroid dienone is 2. The van der Waals surface area contributed by atoms with E-state index in [2.05, 4.69) is 15.5 Å². The molecule has 0 saturated carbocycles. The second-order valence-corrected chi connectivity index (χ2v) is 6.16. The number of aliphatic hydroxyl groups is 1. The maximum atomic E-state index is 13.5. The van der Waals surface area contributed by atoms with E-state index in [1.165, 1.54) is 16.8 Å². The summed E-state index contributed by atoms with van der Waals surface area (Å²) in [4.78, 5) is 0. The lowest BCUT2D eigenvalue weighted by atomic mass is 9.96. The summed E-state index contributed by atoms with van der Waals surface area (Å²) in [5.41, 5.74) is 2.81. The standard InChI is InChI=1S/C21H17FN4O2/c1-26-21(23-24-25-26)17(6-4-12-27)20(14-8-10-16(22)11-9-14)19-13-15-5-2-3-7-18(15)28-19/h2-11,13,27H,12H2,1H3/b6-4+,20-17-. The van der Waals surface area contributed by atoms with E-state index in [1.54, 1.807) is 31.3 Å². The van der Waals surface area contributed by atoms with E-state index in [0.717, 1.165) is 16.5 Å². The maximum absolute atomic E-state index is 13.5. The van der Waals surface area contributed by atoms with Crippen LogP contribution in [0.3, 0.4) is 0 Å². The number of aliphatic hydroxyl groups excluding tert-OH is 1. The zero-order chi connectivity index (χ0) is 19.5. The predicted octanol–water partition coefficient (Wildman–Crippen LogP) is 3.60. The summed E-state index contributed by atoms with van der Waals surface area (Å²) in [7, 11) is 1.73. The minimum Gasteiger partial charge on any atom is -0.456 e. The molecule has 0 bridgehead atoms. The fourth-order valence-electron chi connectivity index (χ4n) is 3.05. The molecule has 0 aliphatic carbocycles. The fraction of sp³-hybridized carbons (Fsp3) is 0.0952. The smallest absolute Gasteiger partial charge is 0.182 e. The van der Waals surface area contributed by atoms with Gasteiger partial charge in [-0.1, -0.05) is 42.5 Å². The first-order valence-electron chi connectivity index (χ1n) is 8.66. The van der Waals surface area contributed by atoms with Crippen molar-refractivity contribution in [3.05, 3.63) is 89.7 Å². The Kier molecular flexibility index (Phi) is 4.82. The normalized spacial score (nSPS) is 12.7. The lowest BCUT2D eigenvalue weighted by Crippen LogP contribution is -2.01. The number of para-hydroxylation sites is 1. The van der Waals surface area contributed by atoms with Gasteiger partial charge in [0.05, 0.1) is 6.61 Å². The Morgan fingerprint density at radius 1 is 1.18 bits per heavy atom. The Morgan fingerprint density at radius 3 is 2.64 bits per heavy atom. The quantitative estimate of drug-likeness (QED) is 0.539. The molecule has 2 heterocycles. The van der Waals surface area contributed by atoms with Gasteiger partial charge in [0, 0.05) is 23.6 Å². The van der Waals surface area contributed by atoms with Crippen LogP contribution in [-0.2, 0) is 7.05 Å². The molecule has 6 nitrogen and oxygen atoms in total. The number of tetrazole rings is 1. The predicted molar refractivity (Wildman–Crippen MR) is 104 cm³/mol. The average Bonchev–Trinajstić information content (AvgIpc) is 3.32. The number of hydrogen-bond donors (Lipinski definition) is 1. The van der Waals surface area contributed by atoms with Crippen LogP contribution in [0, 0.1) is 5.82 Å². The first kappa shape index (κ1) is 17.8. The van der Waals surface area contributed by atoms with Crippen LogP contribution in [0.1, 0.15) is 17.1 Å². The number of aromatic nitrogens is 4. The summed E-state index contributed by atoms with van der Waals surface area (Å²) in [5.74, 6) is 0.748. The largest absolute Gasteiger partial charge is 0.456 e. The Morgan fingerprint density at radius 2 is 1.96 bits per heavy atom. The van der Waals surface area contributed by atoms with Crippen molar-refractivity contribution in [2.45, 2.75) is 0 Å². The third-order valence-corrected chi connectivity index (χ3v) is 4.33. The van der Waals surface area contributed by atoms with E-state index >= 15 is 0 Å². The third-order valence-electron chi connectivity index (χ3n) is 4.33. The number of aryl methyl sites for hydroxylation is 1. The molecule has 140 valence electrons. The highest BCUT2D eigenvalue weighted by atomic mass is 19.1. The molecule has 28 heavy (non-hydrogen) atoms. The lowest BCUT2D eigenvalue weighted by Gasteiger charge is -2.11. The first-order chi connectivity index (χ1) is 13.7. The highest BCUT2D eigenvalue weighted by Gasteiger charge is 2.20. The Balaban J connectivity index is 2.04. The molecule has 2 aromatic carbocycles. The molecule has 0 fully saturated rings.